The molecule has 11 heteroatoms. The van der Waals surface area contributed by atoms with E-state index in [1.54, 1.807) is 45.0 Å². The van der Waals surface area contributed by atoms with Crippen LogP contribution in [0.1, 0.15) is 54.7 Å². The number of hydrogen-bond donors (Lipinski definition) is 3. The minimum atomic E-state index is -1.46. The van der Waals surface area contributed by atoms with E-state index >= 15 is 0 Å². The minimum Gasteiger partial charge on any atom is -0.508 e. The third kappa shape index (κ3) is 6.90. The van der Waals surface area contributed by atoms with Gasteiger partial charge in [-0.3, -0.25) is 4.79 Å². The number of aromatic hydroxyl groups is 1. The van der Waals surface area contributed by atoms with Gasteiger partial charge in [-0.1, -0.05) is 11.6 Å². The summed E-state index contributed by atoms with van der Waals surface area (Å²) < 4.78 is 28.1. The highest BCUT2D eigenvalue weighted by molar-refractivity contribution is 5.98. The van der Waals surface area contributed by atoms with Crippen LogP contribution in [-0.2, 0) is 27.1 Å². The Morgan fingerprint density at radius 1 is 1.12 bits per heavy atom. The number of fused-ring (bicyclic) bond motifs is 1. The molecule has 0 aliphatic carbocycles. The molecule has 2 aromatic carbocycles. The Kier molecular flexibility index (Phi) is 9.29. The van der Waals surface area contributed by atoms with Gasteiger partial charge < -0.3 is 39.3 Å². The molecule has 1 saturated heterocycles. The van der Waals surface area contributed by atoms with E-state index < -0.39 is 41.9 Å². The molecule has 1 amide bonds. The number of rotatable bonds is 9. The number of amides is 1. The van der Waals surface area contributed by atoms with Gasteiger partial charge in [0.2, 0.25) is 6.29 Å². The van der Waals surface area contributed by atoms with Gasteiger partial charge in [-0.05, 0) is 83.0 Å². The number of phenols is 1. The topological polar surface area (TPSA) is 168 Å². The first-order valence-electron chi connectivity index (χ1n) is 13.8. The number of ether oxygens (including phenoxy) is 4. The fourth-order valence-corrected chi connectivity index (χ4v) is 5.18. The number of hydrogen-bond acceptors (Lipinski definition) is 10. The quantitative estimate of drug-likeness (QED) is 0.186. The average Bonchev–Trinajstić information content (AvgIpc) is 2.92. The van der Waals surface area contributed by atoms with Crippen LogP contribution in [-0.4, -0.2) is 59.4 Å². The number of allylic oxidation sites excluding steroid dienone is 2. The molecule has 4 atom stereocenters. The lowest BCUT2D eigenvalue weighted by Gasteiger charge is -2.47. The highest BCUT2D eigenvalue weighted by Crippen LogP contribution is 2.36. The van der Waals surface area contributed by atoms with Gasteiger partial charge in [0.1, 0.15) is 23.2 Å². The molecule has 1 aromatic heterocycles. The Hall–Kier alpha value is -4.19. The number of carbonyl (C=O) groups excluding carboxylic acids is 2. The van der Waals surface area contributed by atoms with E-state index in [1.807, 2.05) is 19.9 Å². The Balaban J connectivity index is 1.58. The highest BCUT2D eigenvalue weighted by atomic mass is 16.7. The van der Waals surface area contributed by atoms with Gasteiger partial charge in [0.05, 0.1) is 5.60 Å². The second kappa shape index (κ2) is 12.6. The lowest BCUT2D eigenvalue weighted by atomic mass is 9.89. The summed E-state index contributed by atoms with van der Waals surface area (Å²) in [5.41, 5.74) is 6.42. The van der Waals surface area contributed by atoms with E-state index in [0.717, 1.165) is 5.57 Å². The van der Waals surface area contributed by atoms with Crippen LogP contribution in [0.25, 0.3) is 11.0 Å². The summed E-state index contributed by atoms with van der Waals surface area (Å²) >= 11 is 0. The number of benzene rings is 2. The highest BCUT2D eigenvalue weighted by Gasteiger charge is 2.53. The van der Waals surface area contributed by atoms with Crippen molar-refractivity contribution < 1.29 is 43.2 Å². The molecule has 230 valence electrons. The fourth-order valence-electron chi connectivity index (χ4n) is 5.18. The van der Waals surface area contributed by atoms with E-state index in [0.29, 0.717) is 28.5 Å². The van der Waals surface area contributed by atoms with Crippen LogP contribution >= 0.6 is 0 Å². The molecule has 1 aliphatic rings. The summed E-state index contributed by atoms with van der Waals surface area (Å²) in [5.74, 6) is 0.0489. The summed E-state index contributed by atoms with van der Waals surface area (Å²) in [6.07, 6.45) is -3.60. The molecule has 0 radical (unpaired) electrons. The maximum Gasteiger partial charge on any atom is 0.404 e. The summed E-state index contributed by atoms with van der Waals surface area (Å²) in [4.78, 5) is 37.6. The van der Waals surface area contributed by atoms with Gasteiger partial charge in [-0.15, -0.1) is 0 Å². The van der Waals surface area contributed by atoms with Gasteiger partial charge in [0.25, 0.3) is 0 Å². The molecule has 0 bridgehead atoms. The van der Waals surface area contributed by atoms with Gasteiger partial charge in [0.15, 0.2) is 18.0 Å². The SMILES string of the molecule is COC1C(OC(N)=O)C(O)C(Oc2ccc3cc(CC(=O)c4ccc(O)c(CC=C(C)C)c4)c(=O)oc3c2C)OC1(C)C. The number of aryl methyl sites for hydroxylation is 1. The van der Waals surface area contributed by atoms with Crippen LogP contribution in [0, 0.1) is 6.92 Å². The van der Waals surface area contributed by atoms with Crippen molar-refractivity contribution in [2.75, 3.05) is 7.11 Å². The van der Waals surface area contributed by atoms with E-state index in [1.165, 1.54) is 19.2 Å². The molecule has 1 aliphatic heterocycles. The summed E-state index contributed by atoms with van der Waals surface area (Å²) in [7, 11) is 1.40. The molecule has 1 fully saturated rings. The van der Waals surface area contributed by atoms with Crippen LogP contribution < -0.4 is 16.1 Å². The number of nitrogens with two attached hydrogens (primary N) is 1. The summed E-state index contributed by atoms with van der Waals surface area (Å²) in [6, 6.07) is 9.49. The molecule has 4 N–H and O–H groups in total. The maximum atomic E-state index is 13.1. The zero-order valence-electron chi connectivity index (χ0n) is 25.0. The van der Waals surface area contributed by atoms with Crippen molar-refractivity contribution in [3.63, 3.8) is 0 Å². The number of aliphatic hydroxyl groups excluding tert-OH is 1. The molecule has 11 nitrogen and oxygen atoms in total. The molecule has 0 saturated carbocycles. The molecular weight excluding hydrogens is 558 g/mol. The largest absolute Gasteiger partial charge is 0.508 e. The Morgan fingerprint density at radius 3 is 2.49 bits per heavy atom. The normalized spacial score (nSPS) is 21.3. The molecular formula is C32H37NO10. The van der Waals surface area contributed by atoms with Gasteiger partial charge in [-0.2, -0.15) is 0 Å². The average molecular weight is 596 g/mol. The van der Waals surface area contributed by atoms with Crippen molar-refractivity contribution in [2.24, 2.45) is 5.73 Å². The predicted octanol–water partition coefficient (Wildman–Crippen LogP) is 4.09. The van der Waals surface area contributed by atoms with Gasteiger partial charge in [0, 0.05) is 35.6 Å². The standard InChI is InChI=1S/C32H37NO10/c1-16(2)7-8-18-13-19(9-11-22(18)34)23(35)15-21-14-20-10-12-24(17(3)26(20)41-29(21)37)40-30-25(36)27(42-31(33)38)28(39-6)32(4,5)43-30/h7,9-14,25,27-28,30,34,36H,8,15H2,1-6H3,(H2,33,38). The predicted molar refractivity (Wildman–Crippen MR) is 157 cm³/mol. The monoisotopic (exact) mass is 595 g/mol. The Bertz CT molecular complexity index is 1620. The van der Waals surface area contributed by atoms with E-state index in [9.17, 15) is 24.6 Å². The van der Waals surface area contributed by atoms with Crippen molar-refractivity contribution in [3.8, 4) is 11.5 Å². The molecule has 4 rings (SSSR count). The molecule has 43 heavy (non-hydrogen) atoms. The first kappa shape index (κ1) is 31.7. The van der Waals surface area contributed by atoms with E-state index in [2.05, 4.69) is 0 Å². The van der Waals surface area contributed by atoms with Crippen molar-refractivity contribution in [1.29, 1.82) is 0 Å². The van der Waals surface area contributed by atoms with Crippen molar-refractivity contribution in [3.05, 3.63) is 80.7 Å². The molecule has 2 heterocycles. The lowest BCUT2D eigenvalue weighted by Crippen LogP contribution is -2.65. The number of ketones is 1. The fraction of sp³-hybridized carbons (Fsp3) is 0.406. The number of phenolic OH excluding ortho intramolecular Hbond substituents is 1. The number of carbonyl (C=O) groups is 2. The number of aliphatic hydroxyl groups is 1. The third-order valence-corrected chi connectivity index (χ3v) is 7.42. The third-order valence-electron chi connectivity index (χ3n) is 7.42. The molecule has 0 spiro atoms. The Morgan fingerprint density at radius 2 is 1.84 bits per heavy atom. The van der Waals surface area contributed by atoms with E-state index in [4.69, 9.17) is 29.1 Å². The smallest absolute Gasteiger partial charge is 0.404 e. The Labute approximate surface area is 248 Å². The first-order valence-corrected chi connectivity index (χ1v) is 13.8. The lowest BCUT2D eigenvalue weighted by molar-refractivity contribution is -0.304. The minimum absolute atomic E-state index is 0.0944. The van der Waals surface area contributed by atoms with E-state index in [-0.39, 0.29) is 34.8 Å². The van der Waals surface area contributed by atoms with Crippen molar-refractivity contribution >= 4 is 22.8 Å². The van der Waals surface area contributed by atoms with Crippen LogP contribution in [0.3, 0.4) is 0 Å². The number of Topliss-reactive ketones (excluding diaryl/α,β-unsaturated/α-hetero) is 1. The summed E-state index contributed by atoms with van der Waals surface area (Å²) in [5, 5.41) is 21.7. The van der Waals surface area contributed by atoms with Gasteiger partial charge in [-0.25, -0.2) is 9.59 Å². The zero-order valence-corrected chi connectivity index (χ0v) is 25.0. The number of methoxy groups -OCH3 is 1. The zero-order chi connectivity index (χ0) is 31.6. The van der Waals surface area contributed by atoms with Crippen molar-refractivity contribution in [1.82, 2.24) is 0 Å². The maximum absolute atomic E-state index is 13.1. The number of primary amides is 1. The second-order valence-corrected chi connectivity index (χ2v) is 11.4. The first-order chi connectivity index (χ1) is 20.2. The van der Waals surface area contributed by atoms with Crippen LogP contribution in [0.4, 0.5) is 4.79 Å². The van der Waals surface area contributed by atoms with Crippen LogP contribution in [0.15, 0.2) is 57.3 Å². The summed E-state index contributed by atoms with van der Waals surface area (Å²) in [6.45, 7) is 8.95. The van der Waals surface area contributed by atoms with Crippen molar-refractivity contribution in [2.45, 2.75) is 77.7 Å². The van der Waals surface area contributed by atoms with Crippen LogP contribution in [0.5, 0.6) is 11.5 Å². The van der Waals surface area contributed by atoms with Crippen LogP contribution in [0.2, 0.25) is 0 Å². The van der Waals surface area contributed by atoms with Gasteiger partial charge >= 0.3 is 11.7 Å². The molecule has 4 unspecified atom stereocenters. The molecule has 3 aromatic rings. The second-order valence-electron chi connectivity index (χ2n) is 11.4.